The normalized spacial score (nSPS) is 15.2. The van der Waals surface area contributed by atoms with Crippen molar-refractivity contribution in [3.05, 3.63) is 12.7 Å². The van der Waals surface area contributed by atoms with E-state index in [1.165, 1.54) is 12.8 Å². The van der Waals surface area contributed by atoms with E-state index in [-0.39, 0.29) is 0 Å². The average Bonchev–Trinajstić information content (AvgIpc) is 3.26. The van der Waals surface area contributed by atoms with Crippen LogP contribution < -0.4 is 10.6 Å². The second-order valence-corrected chi connectivity index (χ2v) is 6.07. The summed E-state index contributed by atoms with van der Waals surface area (Å²) in [6, 6.07) is 0. The average molecular weight is 299 g/mol. The molecule has 1 saturated carbocycles. The van der Waals surface area contributed by atoms with Crippen LogP contribution >= 0.6 is 11.8 Å². The van der Waals surface area contributed by atoms with Gasteiger partial charge in [-0.3, -0.25) is 4.99 Å². The van der Waals surface area contributed by atoms with Crippen LogP contribution in [0.1, 0.15) is 26.2 Å². The first-order chi connectivity index (χ1) is 9.86. The molecular weight excluding hydrogens is 270 g/mol. The molecule has 1 aliphatic carbocycles. The van der Waals surface area contributed by atoms with Crippen LogP contribution in [0.2, 0.25) is 0 Å². The molecule has 0 aromatic carbocycles. The molecule has 0 saturated heterocycles. The lowest BCUT2D eigenvalue weighted by molar-refractivity contribution is 0.123. The molecule has 0 atom stereocenters. The van der Waals surface area contributed by atoms with E-state index in [1.54, 1.807) is 0 Å². The summed E-state index contributed by atoms with van der Waals surface area (Å²) < 4.78 is 5.60. The van der Waals surface area contributed by atoms with Crippen molar-refractivity contribution in [1.29, 1.82) is 0 Å². The fourth-order valence-corrected chi connectivity index (χ4v) is 2.22. The Labute approximate surface area is 127 Å². The van der Waals surface area contributed by atoms with E-state index in [4.69, 9.17) is 4.74 Å². The van der Waals surface area contributed by atoms with Crippen molar-refractivity contribution in [2.24, 2.45) is 10.9 Å². The van der Waals surface area contributed by atoms with Gasteiger partial charge in [-0.05, 0) is 32.1 Å². The zero-order valence-electron chi connectivity index (χ0n) is 12.7. The van der Waals surface area contributed by atoms with Crippen LogP contribution in [0.15, 0.2) is 17.6 Å². The van der Waals surface area contributed by atoms with Crippen molar-refractivity contribution in [3.63, 3.8) is 0 Å². The van der Waals surface area contributed by atoms with Crippen LogP contribution in [0.25, 0.3) is 0 Å². The van der Waals surface area contributed by atoms with E-state index in [9.17, 15) is 0 Å². The van der Waals surface area contributed by atoms with Gasteiger partial charge >= 0.3 is 0 Å². The van der Waals surface area contributed by atoms with Crippen LogP contribution in [0, 0.1) is 5.92 Å². The van der Waals surface area contributed by atoms with Crippen molar-refractivity contribution >= 4 is 17.7 Å². The number of guanidine groups is 1. The highest BCUT2D eigenvalue weighted by atomic mass is 32.2. The van der Waals surface area contributed by atoms with Crippen molar-refractivity contribution in [1.82, 2.24) is 10.6 Å². The summed E-state index contributed by atoms with van der Waals surface area (Å²) in [6.45, 7) is 10.2. The molecule has 0 aliphatic heterocycles. The third-order valence-electron chi connectivity index (χ3n) is 2.89. The van der Waals surface area contributed by atoms with Gasteiger partial charge in [0.1, 0.15) is 0 Å². The third kappa shape index (κ3) is 10.1. The quantitative estimate of drug-likeness (QED) is 0.251. The Morgan fingerprint density at radius 3 is 3.00 bits per heavy atom. The smallest absolute Gasteiger partial charge is 0.191 e. The molecular formula is C15H29N3OS. The molecule has 5 heteroatoms. The molecule has 4 nitrogen and oxygen atoms in total. The minimum Gasteiger partial charge on any atom is -0.381 e. The number of ether oxygens (including phenoxy) is 1. The molecule has 1 rings (SSSR count). The summed E-state index contributed by atoms with van der Waals surface area (Å²) in [7, 11) is 0. The van der Waals surface area contributed by atoms with Gasteiger partial charge in [-0.25, -0.2) is 0 Å². The molecule has 0 spiro atoms. The van der Waals surface area contributed by atoms with Gasteiger partial charge in [-0.1, -0.05) is 6.08 Å². The highest BCUT2D eigenvalue weighted by Gasteiger charge is 2.20. The minimum absolute atomic E-state index is 0.819. The van der Waals surface area contributed by atoms with E-state index in [0.29, 0.717) is 0 Å². The van der Waals surface area contributed by atoms with Crippen LogP contribution in [0.5, 0.6) is 0 Å². The molecule has 0 unspecified atom stereocenters. The predicted molar refractivity (Wildman–Crippen MR) is 89.7 cm³/mol. The van der Waals surface area contributed by atoms with Gasteiger partial charge < -0.3 is 15.4 Å². The molecule has 0 amide bonds. The standard InChI is InChI=1S/C15H29N3OS/c1-3-11-20-12-9-18-15(16-4-2)17-8-5-10-19-13-14-6-7-14/h3,14H,1,4-13H2,2H3,(H2,16,17,18). The van der Waals surface area contributed by atoms with Gasteiger partial charge in [-0.2, -0.15) is 11.8 Å². The molecule has 0 bridgehead atoms. The summed E-state index contributed by atoms with van der Waals surface area (Å²) in [5, 5.41) is 6.60. The van der Waals surface area contributed by atoms with Crippen LogP contribution in [0.3, 0.4) is 0 Å². The Hall–Kier alpha value is -0.680. The number of nitrogens with zero attached hydrogens (tertiary/aromatic N) is 1. The van der Waals surface area contributed by atoms with Gasteiger partial charge in [0.2, 0.25) is 0 Å². The minimum atomic E-state index is 0.819. The van der Waals surface area contributed by atoms with E-state index in [2.05, 4.69) is 29.1 Å². The molecule has 20 heavy (non-hydrogen) atoms. The molecule has 0 aromatic rings. The Bertz CT molecular complexity index is 280. The lowest BCUT2D eigenvalue weighted by atomic mass is 10.4. The van der Waals surface area contributed by atoms with Gasteiger partial charge in [0.15, 0.2) is 5.96 Å². The molecule has 1 aliphatic rings. The summed E-state index contributed by atoms with van der Waals surface area (Å²) in [5.41, 5.74) is 0. The lowest BCUT2D eigenvalue weighted by Gasteiger charge is -2.10. The monoisotopic (exact) mass is 299 g/mol. The number of thioether (sulfide) groups is 1. The van der Waals surface area contributed by atoms with Crippen molar-refractivity contribution in [3.8, 4) is 0 Å². The second kappa shape index (κ2) is 12.1. The van der Waals surface area contributed by atoms with Gasteiger partial charge in [-0.15, -0.1) is 6.58 Å². The Morgan fingerprint density at radius 2 is 2.30 bits per heavy atom. The van der Waals surface area contributed by atoms with E-state index in [1.807, 2.05) is 17.8 Å². The summed E-state index contributed by atoms with van der Waals surface area (Å²) in [5.74, 6) is 3.84. The molecule has 116 valence electrons. The van der Waals surface area contributed by atoms with Crippen LogP contribution in [-0.2, 0) is 4.74 Å². The number of aliphatic imine (C=N–C) groups is 1. The third-order valence-corrected chi connectivity index (χ3v) is 3.85. The first-order valence-electron chi connectivity index (χ1n) is 7.65. The fraction of sp³-hybridized carbons (Fsp3) is 0.800. The fourth-order valence-electron chi connectivity index (χ4n) is 1.64. The van der Waals surface area contributed by atoms with E-state index < -0.39 is 0 Å². The largest absolute Gasteiger partial charge is 0.381 e. The van der Waals surface area contributed by atoms with E-state index >= 15 is 0 Å². The molecule has 0 heterocycles. The highest BCUT2D eigenvalue weighted by Crippen LogP contribution is 2.28. The highest BCUT2D eigenvalue weighted by molar-refractivity contribution is 7.99. The first-order valence-corrected chi connectivity index (χ1v) is 8.80. The zero-order valence-corrected chi connectivity index (χ0v) is 13.5. The number of hydrogen-bond donors (Lipinski definition) is 2. The second-order valence-electron chi connectivity index (χ2n) is 4.92. The zero-order chi connectivity index (χ0) is 14.5. The molecule has 0 radical (unpaired) electrons. The summed E-state index contributed by atoms with van der Waals surface area (Å²) >= 11 is 1.87. The number of hydrogen-bond acceptors (Lipinski definition) is 3. The molecule has 0 aromatic heterocycles. The van der Waals surface area contributed by atoms with Crippen LogP contribution in [-0.4, -0.2) is 50.3 Å². The molecule has 1 fully saturated rings. The van der Waals surface area contributed by atoms with Gasteiger partial charge in [0.05, 0.1) is 0 Å². The number of nitrogens with one attached hydrogen (secondary N) is 2. The SMILES string of the molecule is C=CCSCCNC(=NCCCOCC1CC1)NCC. The maximum Gasteiger partial charge on any atom is 0.191 e. The lowest BCUT2D eigenvalue weighted by Crippen LogP contribution is -2.38. The van der Waals surface area contributed by atoms with Gasteiger partial charge in [0, 0.05) is 44.4 Å². The Balaban J connectivity index is 2.01. The maximum atomic E-state index is 5.60. The van der Waals surface area contributed by atoms with Gasteiger partial charge in [0.25, 0.3) is 0 Å². The summed E-state index contributed by atoms with van der Waals surface area (Å²) in [6.07, 6.45) is 5.65. The van der Waals surface area contributed by atoms with Crippen molar-refractivity contribution < 1.29 is 4.74 Å². The topological polar surface area (TPSA) is 45.7 Å². The first kappa shape index (κ1) is 17.4. The predicted octanol–water partition coefficient (Wildman–Crippen LogP) is 2.28. The Morgan fingerprint density at radius 1 is 1.45 bits per heavy atom. The Kier molecular flexibility index (Phi) is 10.5. The van der Waals surface area contributed by atoms with Crippen molar-refractivity contribution in [2.75, 3.05) is 44.4 Å². The molecule has 2 N–H and O–H groups in total. The van der Waals surface area contributed by atoms with E-state index in [0.717, 1.165) is 62.7 Å². The maximum absolute atomic E-state index is 5.60. The van der Waals surface area contributed by atoms with Crippen LogP contribution in [0.4, 0.5) is 0 Å². The van der Waals surface area contributed by atoms with Crippen molar-refractivity contribution in [2.45, 2.75) is 26.2 Å². The number of rotatable bonds is 12. The summed E-state index contributed by atoms with van der Waals surface area (Å²) in [4.78, 5) is 4.55.